The van der Waals surface area contributed by atoms with Gasteiger partial charge in [-0.15, -0.1) is 0 Å². The Morgan fingerprint density at radius 3 is 2.69 bits per heavy atom. The van der Waals surface area contributed by atoms with E-state index in [1.807, 2.05) is 54.6 Å². The minimum atomic E-state index is -0.0653. The molecular weight excluding hydrogens is 364 g/mol. The Morgan fingerprint density at radius 2 is 1.86 bits per heavy atom. The Labute approximate surface area is 169 Å². The summed E-state index contributed by atoms with van der Waals surface area (Å²) in [5.41, 5.74) is 3.69. The van der Waals surface area contributed by atoms with Gasteiger partial charge < -0.3 is 14.6 Å². The summed E-state index contributed by atoms with van der Waals surface area (Å²) in [7, 11) is 1.62. The summed E-state index contributed by atoms with van der Waals surface area (Å²) in [6.45, 7) is 0.988. The number of fused-ring (bicyclic) bond motifs is 1. The molecule has 1 N–H and O–H groups in total. The molecule has 0 bridgehead atoms. The van der Waals surface area contributed by atoms with Gasteiger partial charge in [0.15, 0.2) is 5.65 Å². The molecule has 0 saturated heterocycles. The van der Waals surface area contributed by atoms with Gasteiger partial charge >= 0.3 is 0 Å². The smallest absolute Gasteiger partial charge is 0.224 e. The van der Waals surface area contributed by atoms with Crippen molar-refractivity contribution in [2.75, 3.05) is 7.11 Å². The Bertz CT molecular complexity index is 1120. The quantitative estimate of drug-likeness (QED) is 0.529. The minimum absolute atomic E-state index is 0.0653. The topological polar surface area (TPSA) is 69.0 Å². The lowest BCUT2D eigenvalue weighted by Crippen LogP contribution is -2.26. The van der Waals surface area contributed by atoms with E-state index in [1.165, 1.54) is 0 Å². The van der Waals surface area contributed by atoms with Gasteiger partial charge in [0.05, 0.1) is 26.6 Å². The fourth-order valence-corrected chi connectivity index (χ4v) is 3.28. The first-order valence-corrected chi connectivity index (χ1v) is 9.46. The van der Waals surface area contributed by atoms with E-state index in [1.54, 1.807) is 13.3 Å². The summed E-state index contributed by atoms with van der Waals surface area (Å²) < 4.78 is 7.27. The van der Waals surface area contributed by atoms with E-state index in [9.17, 15) is 4.79 Å². The molecule has 0 radical (unpaired) electrons. The molecule has 4 aromatic rings. The highest BCUT2D eigenvalue weighted by Crippen LogP contribution is 2.16. The summed E-state index contributed by atoms with van der Waals surface area (Å²) in [5, 5.41) is 2.98. The highest BCUT2D eigenvalue weighted by Gasteiger charge is 2.13. The van der Waals surface area contributed by atoms with Gasteiger partial charge in [0.2, 0.25) is 5.91 Å². The molecule has 0 unspecified atom stereocenters. The molecule has 146 valence electrons. The third-order valence-electron chi connectivity index (χ3n) is 4.71. The molecule has 6 nitrogen and oxygen atoms in total. The zero-order valence-electron chi connectivity index (χ0n) is 16.2. The largest absolute Gasteiger partial charge is 0.497 e. The second-order valence-corrected chi connectivity index (χ2v) is 6.75. The zero-order valence-corrected chi connectivity index (χ0v) is 16.2. The van der Waals surface area contributed by atoms with E-state index in [-0.39, 0.29) is 12.3 Å². The average Bonchev–Trinajstić information content (AvgIpc) is 3.10. The van der Waals surface area contributed by atoms with Gasteiger partial charge in [0.1, 0.15) is 17.1 Å². The first kappa shape index (κ1) is 18.7. The molecule has 4 rings (SSSR count). The number of imidazole rings is 1. The molecule has 2 aromatic heterocycles. The first-order valence-electron chi connectivity index (χ1n) is 9.46. The fraction of sp³-hybridized carbons (Fsp3) is 0.174. The van der Waals surface area contributed by atoms with E-state index >= 15 is 0 Å². The van der Waals surface area contributed by atoms with Gasteiger partial charge in [-0.1, -0.05) is 42.5 Å². The van der Waals surface area contributed by atoms with Crippen LogP contribution in [0.2, 0.25) is 0 Å². The maximum Gasteiger partial charge on any atom is 0.224 e. The van der Waals surface area contributed by atoms with Crippen LogP contribution in [0.4, 0.5) is 0 Å². The molecular formula is C23H22N4O2. The van der Waals surface area contributed by atoms with Crippen LogP contribution < -0.4 is 10.1 Å². The number of amides is 1. The van der Waals surface area contributed by atoms with Crippen LogP contribution >= 0.6 is 0 Å². The van der Waals surface area contributed by atoms with E-state index in [4.69, 9.17) is 4.74 Å². The number of pyridine rings is 1. The summed E-state index contributed by atoms with van der Waals surface area (Å²) in [6, 6.07) is 21.5. The number of hydrogen-bond acceptors (Lipinski definition) is 4. The van der Waals surface area contributed by atoms with E-state index < -0.39 is 0 Å². The van der Waals surface area contributed by atoms with Crippen LogP contribution in [0.15, 0.2) is 72.9 Å². The Hall–Kier alpha value is -3.67. The predicted octanol–water partition coefficient (Wildman–Crippen LogP) is 3.35. The number of ether oxygens (including phenoxy) is 1. The summed E-state index contributed by atoms with van der Waals surface area (Å²) >= 11 is 0. The van der Waals surface area contributed by atoms with Crippen LogP contribution in [0, 0.1) is 0 Å². The Kier molecular flexibility index (Phi) is 5.52. The monoisotopic (exact) mass is 386 g/mol. The Balaban J connectivity index is 1.51. The van der Waals surface area contributed by atoms with Crippen LogP contribution in [0.25, 0.3) is 11.2 Å². The van der Waals surface area contributed by atoms with E-state index in [2.05, 4.69) is 32.0 Å². The SMILES string of the molecule is COc1cccc(CC(=O)NCc2nc3cccnc3n2Cc2ccccc2)c1. The number of carbonyl (C=O) groups is 1. The van der Waals surface area contributed by atoms with Gasteiger partial charge in [0, 0.05) is 6.20 Å². The van der Waals surface area contributed by atoms with Crippen LogP contribution in [0.5, 0.6) is 5.75 Å². The predicted molar refractivity (Wildman–Crippen MR) is 112 cm³/mol. The van der Waals surface area contributed by atoms with Crippen molar-refractivity contribution in [1.82, 2.24) is 19.9 Å². The summed E-state index contributed by atoms with van der Waals surface area (Å²) in [6.07, 6.45) is 2.05. The number of nitrogens with one attached hydrogen (secondary N) is 1. The van der Waals surface area contributed by atoms with Crippen molar-refractivity contribution in [2.45, 2.75) is 19.5 Å². The number of nitrogens with zero attached hydrogens (tertiary/aromatic N) is 3. The number of aromatic nitrogens is 3. The maximum absolute atomic E-state index is 12.5. The minimum Gasteiger partial charge on any atom is -0.497 e. The molecule has 0 aliphatic heterocycles. The molecule has 0 spiro atoms. The zero-order chi connectivity index (χ0) is 20.1. The number of carbonyl (C=O) groups excluding carboxylic acids is 1. The number of hydrogen-bond donors (Lipinski definition) is 1. The maximum atomic E-state index is 12.5. The van der Waals surface area contributed by atoms with Crippen molar-refractivity contribution in [2.24, 2.45) is 0 Å². The van der Waals surface area contributed by atoms with Gasteiger partial charge in [-0.3, -0.25) is 4.79 Å². The van der Waals surface area contributed by atoms with Crippen molar-refractivity contribution in [1.29, 1.82) is 0 Å². The third-order valence-corrected chi connectivity index (χ3v) is 4.71. The summed E-state index contributed by atoms with van der Waals surface area (Å²) in [5.74, 6) is 1.46. The second-order valence-electron chi connectivity index (χ2n) is 6.75. The van der Waals surface area contributed by atoms with E-state index in [0.717, 1.165) is 33.9 Å². The lowest BCUT2D eigenvalue weighted by Gasteiger charge is -2.10. The molecule has 1 amide bonds. The first-order chi connectivity index (χ1) is 14.2. The number of rotatable bonds is 7. The van der Waals surface area contributed by atoms with Crippen molar-refractivity contribution in [3.63, 3.8) is 0 Å². The van der Waals surface area contributed by atoms with E-state index in [0.29, 0.717) is 13.1 Å². The normalized spacial score (nSPS) is 10.8. The molecule has 6 heteroatoms. The van der Waals surface area contributed by atoms with Crippen molar-refractivity contribution >= 4 is 17.1 Å². The van der Waals surface area contributed by atoms with Crippen molar-refractivity contribution < 1.29 is 9.53 Å². The average molecular weight is 386 g/mol. The van der Waals surface area contributed by atoms with Crippen molar-refractivity contribution in [3.8, 4) is 5.75 Å². The summed E-state index contributed by atoms with van der Waals surface area (Å²) in [4.78, 5) is 21.6. The second kappa shape index (κ2) is 8.56. The van der Waals surface area contributed by atoms with Crippen LogP contribution in [0.1, 0.15) is 17.0 Å². The molecule has 2 heterocycles. The fourth-order valence-electron chi connectivity index (χ4n) is 3.28. The number of benzene rings is 2. The molecule has 2 aromatic carbocycles. The van der Waals surface area contributed by atoms with Crippen molar-refractivity contribution in [3.05, 3.63) is 89.9 Å². The van der Waals surface area contributed by atoms with Crippen LogP contribution in [-0.4, -0.2) is 27.6 Å². The molecule has 0 atom stereocenters. The molecule has 0 saturated carbocycles. The molecule has 0 aliphatic rings. The third kappa shape index (κ3) is 4.43. The lowest BCUT2D eigenvalue weighted by atomic mass is 10.1. The van der Waals surface area contributed by atoms with Crippen LogP contribution in [-0.2, 0) is 24.3 Å². The highest BCUT2D eigenvalue weighted by molar-refractivity contribution is 5.78. The molecule has 0 fully saturated rings. The van der Waals surface area contributed by atoms with Gasteiger partial charge in [-0.05, 0) is 35.4 Å². The Morgan fingerprint density at radius 1 is 1.03 bits per heavy atom. The molecule has 29 heavy (non-hydrogen) atoms. The van der Waals surface area contributed by atoms with Gasteiger partial charge in [-0.2, -0.15) is 0 Å². The standard InChI is InChI=1S/C23H22N4O2/c1-29-19-10-5-9-18(13-19)14-22(28)25-15-21-26-20-11-6-12-24-23(20)27(21)16-17-7-3-2-4-8-17/h2-13H,14-16H2,1H3,(H,25,28). The molecule has 0 aliphatic carbocycles. The van der Waals surface area contributed by atoms with Crippen LogP contribution in [0.3, 0.4) is 0 Å². The number of methoxy groups -OCH3 is 1. The van der Waals surface area contributed by atoms with Gasteiger partial charge in [0.25, 0.3) is 0 Å². The highest BCUT2D eigenvalue weighted by atomic mass is 16.5. The lowest BCUT2D eigenvalue weighted by molar-refractivity contribution is -0.120. The van der Waals surface area contributed by atoms with Gasteiger partial charge in [-0.25, -0.2) is 9.97 Å².